The average Bonchev–Trinajstić information content (AvgIpc) is 2.62. The van der Waals surface area contributed by atoms with Crippen LogP contribution >= 0.6 is 0 Å². The number of isocyanates is 1. The largest absolute Gasteiger partial charge is 0.428 e. The van der Waals surface area contributed by atoms with E-state index >= 15 is 0 Å². The van der Waals surface area contributed by atoms with Gasteiger partial charge in [-0.15, -0.1) is 0 Å². The molecule has 0 rings (SSSR count). The van der Waals surface area contributed by atoms with E-state index < -0.39 is 0 Å². The fraction of sp³-hybridized carbons (Fsp3) is 0.905. The summed E-state index contributed by atoms with van der Waals surface area (Å²) in [7, 11) is 0. The van der Waals surface area contributed by atoms with Gasteiger partial charge < -0.3 is 4.74 Å². The van der Waals surface area contributed by atoms with Crippen molar-refractivity contribution < 1.29 is 9.53 Å². The summed E-state index contributed by atoms with van der Waals surface area (Å²) in [5.41, 5.74) is 0. The SMILES string of the molecule is CCCCCCCCCCCCCCCC(CCCOC#N)N=C=O. The van der Waals surface area contributed by atoms with E-state index in [2.05, 4.69) is 16.7 Å². The lowest BCUT2D eigenvalue weighted by molar-refractivity contribution is 0.256. The molecule has 0 N–H and O–H groups in total. The molecule has 0 aliphatic carbocycles. The smallest absolute Gasteiger partial charge is 0.286 e. The Kier molecular flexibility index (Phi) is 19.6. The summed E-state index contributed by atoms with van der Waals surface area (Å²) >= 11 is 0. The van der Waals surface area contributed by atoms with E-state index in [1.807, 2.05) is 0 Å². The van der Waals surface area contributed by atoms with Gasteiger partial charge >= 0.3 is 0 Å². The van der Waals surface area contributed by atoms with Gasteiger partial charge in [-0.2, -0.15) is 5.26 Å². The first-order valence-electron chi connectivity index (χ1n) is 10.4. The van der Waals surface area contributed by atoms with Crippen LogP contribution in [-0.2, 0) is 9.53 Å². The summed E-state index contributed by atoms with van der Waals surface area (Å²) in [6.07, 6.45) is 23.3. The molecule has 144 valence electrons. The molecule has 4 nitrogen and oxygen atoms in total. The number of nitriles is 1. The van der Waals surface area contributed by atoms with Crippen molar-refractivity contribution in [3.8, 4) is 6.26 Å². The minimum atomic E-state index is 0.0486. The Morgan fingerprint density at radius 1 is 0.800 bits per heavy atom. The summed E-state index contributed by atoms with van der Waals surface area (Å²) in [5.74, 6) is 0. The van der Waals surface area contributed by atoms with Gasteiger partial charge in [0.05, 0.1) is 6.04 Å². The normalized spacial score (nSPS) is 11.5. The van der Waals surface area contributed by atoms with Gasteiger partial charge in [-0.25, -0.2) is 9.79 Å². The second-order valence-electron chi connectivity index (χ2n) is 6.99. The molecule has 0 aromatic rings. The molecule has 0 aliphatic rings. The van der Waals surface area contributed by atoms with Crippen LogP contribution in [0.25, 0.3) is 0 Å². The van der Waals surface area contributed by atoms with Crippen LogP contribution in [0.4, 0.5) is 0 Å². The molecule has 0 fully saturated rings. The van der Waals surface area contributed by atoms with Crippen LogP contribution in [-0.4, -0.2) is 18.7 Å². The van der Waals surface area contributed by atoms with Crippen molar-refractivity contribution in [3.63, 3.8) is 0 Å². The molecule has 0 heterocycles. The molecule has 0 bridgehead atoms. The Balaban J connectivity index is 3.36. The van der Waals surface area contributed by atoms with Crippen molar-refractivity contribution in [1.29, 1.82) is 5.26 Å². The van der Waals surface area contributed by atoms with Crippen LogP contribution in [0.2, 0.25) is 0 Å². The fourth-order valence-corrected chi connectivity index (χ4v) is 3.18. The second-order valence-corrected chi connectivity index (χ2v) is 6.99. The molecule has 0 saturated carbocycles. The molecule has 0 saturated heterocycles. The van der Waals surface area contributed by atoms with Gasteiger partial charge in [0.25, 0.3) is 6.26 Å². The third-order valence-corrected chi connectivity index (χ3v) is 4.72. The number of hydrogen-bond donors (Lipinski definition) is 0. The van der Waals surface area contributed by atoms with E-state index in [9.17, 15) is 4.79 Å². The number of hydrogen-bond acceptors (Lipinski definition) is 4. The number of nitrogens with zero attached hydrogens (tertiary/aromatic N) is 2. The van der Waals surface area contributed by atoms with Crippen LogP contribution in [0.3, 0.4) is 0 Å². The van der Waals surface area contributed by atoms with Crippen molar-refractivity contribution in [2.45, 2.75) is 116 Å². The van der Waals surface area contributed by atoms with E-state index in [1.54, 1.807) is 12.3 Å². The maximum absolute atomic E-state index is 10.5. The Morgan fingerprint density at radius 2 is 1.28 bits per heavy atom. The zero-order valence-corrected chi connectivity index (χ0v) is 16.3. The Hall–Kier alpha value is -1.33. The van der Waals surface area contributed by atoms with Crippen molar-refractivity contribution in [2.24, 2.45) is 4.99 Å². The molecule has 4 heteroatoms. The molecule has 0 spiro atoms. The predicted octanol–water partition coefficient (Wildman–Crippen LogP) is 6.45. The standard InChI is InChI=1S/C21H38N2O2/c1-2-3-4-5-6-7-8-9-10-11-12-13-14-16-21(23-20-24)17-15-18-25-19-22/h21H,2-18H2,1H3. The quantitative estimate of drug-likeness (QED) is 0.116. The van der Waals surface area contributed by atoms with Gasteiger partial charge in [0.1, 0.15) is 6.61 Å². The third kappa shape index (κ3) is 18.8. The first kappa shape index (κ1) is 23.7. The lowest BCUT2D eigenvalue weighted by Gasteiger charge is -2.09. The molecule has 0 radical (unpaired) electrons. The van der Waals surface area contributed by atoms with Crippen molar-refractivity contribution >= 4 is 6.08 Å². The topological polar surface area (TPSA) is 62.4 Å². The lowest BCUT2D eigenvalue weighted by Crippen LogP contribution is -2.06. The molecule has 1 atom stereocenters. The van der Waals surface area contributed by atoms with Crippen LogP contribution in [0.1, 0.15) is 110 Å². The van der Waals surface area contributed by atoms with E-state index in [1.165, 1.54) is 77.0 Å². The minimum absolute atomic E-state index is 0.0486. The van der Waals surface area contributed by atoms with Crippen LogP contribution in [0.5, 0.6) is 0 Å². The Labute approximate surface area is 155 Å². The molecule has 0 aromatic heterocycles. The first-order chi connectivity index (χ1) is 12.3. The summed E-state index contributed by atoms with van der Waals surface area (Å²) in [6, 6.07) is 0.0486. The molecule has 0 amide bonds. The van der Waals surface area contributed by atoms with Gasteiger partial charge in [-0.3, -0.25) is 0 Å². The highest BCUT2D eigenvalue weighted by Gasteiger charge is 2.06. The van der Waals surface area contributed by atoms with E-state index in [4.69, 9.17) is 5.26 Å². The van der Waals surface area contributed by atoms with Gasteiger partial charge in [0.2, 0.25) is 6.08 Å². The monoisotopic (exact) mass is 350 g/mol. The number of unbranched alkanes of at least 4 members (excludes halogenated alkanes) is 12. The maximum atomic E-state index is 10.5. The number of carbonyl (C=O) groups excluding carboxylic acids is 1. The Bertz CT molecular complexity index is 359. The predicted molar refractivity (Wildman–Crippen MR) is 103 cm³/mol. The molecule has 1 unspecified atom stereocenters. The van der Waals surface area contributed by atoms with Gasteiger partial charge in [0.15, 0.2) is 0 Å². The molecule has 0 aromatic carbocycles. The van der Waals surface area contributed by atoms with Crippen molar-refractivity contribution in [3.05, 3.63) is 0 Å². The first-order valence-corrected chi connectivity index (χ1v) is 10.4. The molecular weight excluding hydrogens is 312 g/mol. The molecule has 25 heavy (non-hydrogen) atoms. The van der Waals surface area contributed by atoms with Gasteiger partial charge in [-0.1, -0.05) is 90.4 Å². The number of ether oxygens (including phenoxy) is 1. The number of rotatable bonds is 19. The molecular formula is C21H38N2O2. The van der Waals surface area contributed by atoms with E-state index in [-0.39, 0.29) is 6.04 Å². The average molecular weight is 351 g/mol. The highest BCUT2D eigenvalue weighted by atomic mass is 16.5. The Morgan fingerprint density at radius 3 is 1.76 bits per heavy atom. The number of aliphatic imine (C=N–C) groups is 1. The highest BCUT2D eigenvalue weighted by molar-refractivity contribution is 5.33. The summed E-state index contributed by atoms with van der Waals surface area (Å²) in [5, 5.41) is 8.31. The highest BCUT2D eigenvalue weighted by Crippen LogP contribution is 2.15. The van der Waals surface area contributed by atoms with Crippen LogP contribution in [0.15, 0.2) is 4.99 Å². The van der Waals surface area contributed by atoms with Crippen LogP contribution < -0.4 is 0 Å². The van der Waals surface area contributed by atoms with Gasteiger partial charge in [-0.05, 0) is 19.3 Å². The zero-order valence-electron chi connectivity index (χ0n) is 16.3. The second kappa shape index (κ2) is 20.7. The van der Waals surface area contributed by atoms with Gasteiger partial charge in [0, 0.05) is 0 Å². The maximum Gasteiger partial charge on any atom is 0.286 e. The van der Waals surface area contributed by atoms with E-state index in [0.717, 1.165) is 25.7 Å². The van der Waals surface area contributed by atoms with E-state index in [0.29, 0.717) is 6.61 Å². The van der Waals surface area contributed by atoms with Crippen molar-refractivity contribution in [2.75, 3.05) is 6.61 Å². The fourth-order valence-electron chi connectivity index (χ4n) is 3.18. The minimum Gasteiger partial charge on any atom is -0.428 e. The summed E-state index contributed by atoms with van der Waals surface area (Å²) in [4.78, 5) is 14.3. The third-order valence-electron chi connectivity index (χ3n) is 4.72. The summed E-state index contributed by atoms with van der Waals surface area (Å²) in [6.45, 7) is 2.68. The lowest BCUT2D eigenvalue weighted by atomic mass is 10.0. The van der Waals surface area contributed by atoms with Crippen LogP contribution in [0, 0.1) is 11.5 Å². The molecule has 0 aliphatic heterocycles. The zero-order chi connectivity index (χ0) is 18.4. The van der Waals surface area contributed by atoms with Crippen molar-refractivity contribution in [1.82, 2.24) is 0 Å². The summed E-state index contributed by atoms with van der Waals surface area (Å²) < 4.78 is 4.65.